The van der Waals surface area contributed by atoms with Crippen molar-refractivity contribution >= 4 is 39.3 Å². The number of thiophene rings is 1. The summed E-state index contributed by atoms with van der Waals surface area (Å²) in [5.41, 5.74) is 4.05. The molecule has 0 saturated heterocycles. The minimum Gasteiger partial charge on any atom is -0.368 e. The number of H-pyrrole nitrogens is 1. The van der Waals surface area contributed by atoms with Gasteiger partial charge in [-0.05, 0) is 23.2 Å². The normalized spacial score (nSPS) is 11.1. The van der Waals surface area contributed by atoms with Crippen molar-refractivity contribution in [2.24, 2.45) is 7.05 Å². The van der Waals surface area contributed by atoms with Crippen LogP contribution in [0.3, 0.4) is 0 Å². The number of nitrogen functional groups attached to an aromatic ring is 1. The van der Waals surface area contributed by atoms with Crippen molar-refractivity contribution in [1.82, 2.24) is 24.7 Å². The van der Waals surface area contributed by atoms with Crippen LogP contribution in [0.4, 0.5) is 5.95 Å². The molecule has 3 aromatic rings. The molecule has 3 rings (SSSR count). The van der Waals surface area contributed by atoms with E-state index >= 15 is 0 Å². The zero-order valence-electron chi connectivity index (χ0n) is 10.2. The molecule has 0 unspecified atom stereocenters. The summed E-state index contributed by atoms with van der Waals surface area (Å²) in [6, 6.07) is 1.87. The van der Waals surface area contributed by atoms with E-state index in [1.807, 2.05) is 11.4 Å². The number of aromatic amines is 1. The molecule has 0 radical (unpaired) electrons. The summed E-state index contributed by atoms with van der Waals surface area (Å²) in [6.07, 6.45) is 0. The molecule has 8 nitrogen and oxygen atoms in total. The summed E-state index contributed by atoms with van der Waals surface area (Å²) in [5, 5.41) is 5.99. The Hall–Kier alpha value is -2.20. The number of hydrogen-bond donors (Lipinski definition) is 2. The molecule has 0 fully saturated rings. The van der Waals surface area contributed by atoms with E-state index in [0.717, 1.165) is 22.0 Å². The Morgan fingerprint density at radius 2 is 2.15 bits per heavy atom. The van der Waals surface area contributed by atoms with Gasteiger partial charge in [0, 0.05) is 12.4 Å². The second kappa shape index (κ2) is 4.72. The highest BCUT2D eigenvalue weighted by Gasteiger charge is 2.12. The van der Waals surface area contributed by atoms with Gasteiger partial charge in [0.1, 0.15) is 9.86 Å². The fraction of sp³-hybridized carbons (Fsp3) is 0.100. The minimum atomic E-state index is -0.839. The lowest BCUT2D eigenvalue weighted by Crippen LogP contribution is -2.33. The van der Waals surface area contributed by atoms with Crippen molar-refractivity contribution in [1.29, 1.82) is 0 Å². The first-order chi connectivity index (χ1) is 9.54. The molecule has 20 heavy (non-hydrogen) atoms. The highest BCUT2D eigenvalue weighted by atomic mass is 32.2. The van der Waals surface area contributed by atoms with Crippen molar-refractivity contribution in [2.45, 2.75) is 10.2 Å². The zero-order chi connectivity index (χ0) is 14.3. The van der Waals surface area contributed by atoms with Crippen molar-refractivity contribution < 1.29 is 0 Å². The van der Waals surface area contributed by atoms with E-state index in [0.29, 0.717) is 10.2 Å². The first-order valence-electron chi connectivity index (χ1n) is 5.40. The number of nitrogens with two attached hydrogens (primary N) is 1. The Kier molecular flexibility index (Phi) is 3.03. The van der Waals surface area contributed by atoms with Gasteiger partial charge in [0.25, 0.3) is 0 Å². The molecule has 0 bridgehead atoms. The fourth-order valence-corrected chi connectivity index (χ4v) is 3.29. The SMILES string of the molecule is Cn1[nH]c(=O)c(=O)nc1Sc1nc(N)nc2sccc12. The smallest absolute Gasteiger partial charge is 0.339 e. The van der Waals surface area contributed by atoms with Gasteiger partial charge in [0.15, 0.2) is 5.16 Å². The summed E-state index contributed by atoms with van der Waals surface area (Å²) < 4.78 is 1.37. The summed E-state index contributed by atoms with van der Waals surface area (Å²) in [4.78, 5) is 35.2. The maximum atomic E-state index is 11.3. The van der Waals surface area contributed by atoms with Crippen LogP contribution in [0, 0.1) is 0 Å². The van der Waals surface area contributed by atoms with Crippen molar-refractivity contribution in [3.05, 3.63) is 32.2 Å². The van der Waals surface area contributed by atoms with Crippen LogP contribution in [-0.2, 0) is 7.05 Å². The van der Waals surface area contributed by atoms with Gasteiger partial charge >= 0.3 is 11.1 Å². The number of rotatable bonds is 2. The van der Waals surface area contributed by atoms with Gasteiger partial charge in [-0.3, -0.25) is 19.4 Å². The molecule has 3 heterocycles. The van der Waals surface area contributed by atoms with Gasteiger partial charge in [0.05, 0.1) is 0 Å². The molecule has 3 aromatic heterocycles. The topological polar surface area (TPSA) is 120 Å². The number of anilines is 1. The Morgan fingerprint density at radius 3 is 2.95 bits per heavy atom. The monoisotopic (exact) mass is 308 g/mol. The van der Waals surface area contributed by atoms with Gasteiger partial charge in [-0.2, -0.15) is 4.98 Å². The molecule has 0 aliphatic heterocycles. The summed E-state index contributed by atoms with van der Waals surface area (Å²) in [6.45, 7) is 0. The third kappa shape index (κ3) is 2.18. The van der Waals surface area contributed by atoms with Gasteiger partial charge in [-0.25, -0.2) is 9.97 Å². The average Bonchev–Trinajstić information content (AvgIpc) is 2.84. The third-order valence-electron chi connectivity index (χ3n) is 2.44. The van der Waals surface area contributed by atoms with E-state index in [-0.39, 0.29) is 5.95 Å². The molecule has 3 N–H and O–H groups in total. The standard InChI is InChI=1S/C10H8N6O2S2/c1-16-10(12-5(17)6(18)15-16)20-8-4-2-3-19-7(4)13-9(11)14-8/h2-3H,1H3,(H,15,18)(H2,11,13,14). The highest BCUT2D eigenvalue weighted by molar-refractivity contribution is 7.99. The van der Waals surface area contributed by atoms with Crippen LogP contribution >= 0.6 is 23.1 Å². The number of nitrogens with one attached hydrogen (secondary N) is 1. The van der Waals surface area contributed by atoms with E-state index in [2.05, 4.69) is 20.1 Å². The number of aromatic nitrogens is 5. The number of nitrogens with zero attached hydrogens (tertiary/aromatic N) is 4. The van der Waals surface area contributed by atoms with Crippen LogP contribution in [0.5, 0.6) is 0 Å². The molecule has 0 atom stereocenters. The molecule has 0 aliphatic rings. The van der Waals surface area contributed by atoms with E-state index in [1.54, 1.807) is 7.05 Å². The Balaban J connectivity index is 2.14. The molecule has 10 heteroatoms. The van der Waals surface area contributed by atoms with Crippen LogP contribution in [0.15, 0.2) is 31.2 Å². The second-order valence-corrected chi connectivity index (χ2v) is 5.68. The van der Waals surface area contributed by atoms with Crippen molar-refractivity contribution in [3.8, 4) is 0 Å². The van der Waals surface area contributed by atoms with Gasteiger partial charge in [-0.15, -0.1) is 11.3 Å². The summed E-state index contributed by atoms with van der Waals surface area (Å²) >= 11 is 2.59. The number of hydrogen-bond acceptors (Lipinski definition) is 8. The van der Waals surface area contributed by atoms with Crippen molar-refractivity contribution in [3.63, 3.8) is 0 Å². The van der Waals surface area contributed by atoms with Crippen LogP contribution in [0.25, 0.3) is 10.2 Å². The third-order valence-corrected chi connectivity index (χ3v) is 4.30. The fourth-order valence-electron chi connectivity index (χ4n) is 1.56. The molecule has 102 valence electrons. The second-order valence-electron chi connectivity index (χ2n) is 3.83. The zero-order valence-corrected chi connectivity index (χ0v) is 11.8. The number of fused-ring (bicyclic) bond motifs is 1. The highest BCUT2D eigenvalue weighted by Crippen LogP contribution is 2.32. The number of aryl methyl sites for hydroxylation is 1. The van der Waals surface area contributed by atoms with Gasteiger partial charge in [0.2, 0.25) is 5.95 Å². The Morgan fingerprint density at radius 1 is 1.35 bits per heavy atom. The minimum absolute atomic E-state index is 0.150. The predicted molar refractivity (Wildman–Crippen MR) is 76.0 cm³/mol. The Labute approximate surface area is 119 Å². The molecule has 0 spiro atoms. The van der Waals surface area contributed by atoms with Gasteiger partial charge in [-0.1, -0.05) is 0 Å². The summed E-state index contributed by atoms with van der Waals surface area (Å²) in [5.74, 6) is 0.150. The lowest BCUT2D eigenvalue weighted by Gasteiger charge is -2.06. The quantitative estimate of drug-likeness (QED) is 0.513. The van der Waals surface area contributed by atoms with E-state index < -0.39 is 11.1 Å². The lowest BCUT2D eigenvalue weighted by molar-refractivity contribution is 0.596. The molecule has 0 amide bonds. The van der Waals surface area contributed by atoms with Crippen LogP contribution in [-0.4, -0.2) is 24.7 Å². The van der Waals surface area contributed by atoms with E-state index in [4.69, 9.17) is 5.73 Å². The molecule has 0 aromatic carbocycles. The van der Waals surface area contributed by atoms with Crippen LogP contribution < -0.4 is 16.9 Å². The Bertz CT molecular complexity index is 912. The molecule has 0 aliphatic carbocycles. The largest absolute Gasteiger partial charge is 0.368 e. The van der Waals surface area contributed by atoms with Crippen LogP contribution in [0.2, 0.25) is 0 Å². The molecular weight excluding hydrogens is 300 g/mol. The summed E-state index contributed by atoms with van der Waals surface area (Å²) in [7, 11) is 1.59. The average molecular weight is 308 g/mol. The molecular formula is C10H8N6O2S2. The predicted octanol–water partition coefficient (Wildman–Crippen LogP) is 0.207. The lowest BCUT2D eigenvalue weighted by atomic mass is 10.4. The van der Waals surface area contributed by atoms with Gasteiger partial charge < -0.3 is 5.73 Å². The first-order valence-corrected chi connectivity index (χ1v) is 7.10. The maximum absolute atomic E-state index is 11.3. The maximum Gasteiger partial charge on any atom is 0.339 e. The van der Waals surface area contributed by atoms with Crippen molar-refractivity contribution in [2.75, 3.05) is 5.73 Å². The molecule has 0 saturated carbocycles. The van der Waals surface area contributed by atoms with E-state index in [1.165, 1.54) is 16.0 Å². The first kappa shape index (κ1) is 12.8. The van der Waals surface area contributed by atoms with E-state index in [9.17, 15) is 9.59 Å². The van der Waals surface area contributed by atoms with Crippen LogP contribution in [0.1, 0.15) is 0 Å².